The van der Waals surface area contributed by atoms with Crippen LogP contribution in [0.15, 0.2) is 140 Å². The molecule has 2 saturated heterocycles. The fourth-order valence-corrected chi connectivity index (χ4v) is 15.9. The van der Waals surface area contributed by atoms with Crippen molar-refractivity contribution in [3.8, 4) is 85.9 Å². The van der Waals surface area contributed by atoms with Gasteiger partial charge in [0.25, 0.3) is 0 Å². The maximum Gasteiger partial charge on any atom is 0.335 e. The van der Waals surface area contributed by atoms with Crippen LogP contribution in [0, 0.1) is 0 Å². The molecule has 8 heterocycles. The Bertz CT molecular complexity index is 5440. The van der Waals surface area contributed by atoms with E-state index >= 15 is 24.0 Å². The Kier molecular flexibility index (Phi) is 27.1. The van der Waals surface area contributed by atoms with E-state index in [-0.39, 0.29) is 34.9 Å². The van der Waals surface area contributed by atoms with Crippen LogP contribution >= 0.6 is 23.2 Å². The fraction of sp³-hybridized carbons (Fsp3) is 0.349. The van der Waals surface area contributed by atoms with E-state index in [4.69, 9.17) is 61.1 Å². The minimum Gasteiger partial charge on any atom is -0.508 e. The van der Waals surface area contributed by atoms with Gasteiger partial charge in [-0.25, -0.2) is 9.59 Å². The third-order valence-electron chi connectivity index (χ3n) is 22.1. The summed E-state index contributed by atoms with van der Waals surface area (Å²) >= 11 is 14.2. The van der Waals surface area contributed by atoms with Gasteiger partial charge in [-0.1, -0.05) is 105 Å². The first-order chi connectivity index (χ1) is 59.9. The number of hydrogen-bond acceptors (Lipinski definition) is 29. The molecule has 2 fully saturated rings. The van der Waals surface area contributed by atoms with E-state index in [2.05, 4.69) is 49.5 Å². The molecule has 8 aliphatic rings. The van der Waals surface area contributed by atoms with Crippen LogP contribution < -0.4 is 71.0 Å². The zero-order chi connectivity index (χ0) is 89.1. The number of amides is 6. The molecule has 8 aromatic rings. The molecule has 8 aliphatic heterocycles. The minimum absolute atomic E-state index is 0.121. The SMILES string of the molecule is CCCCCCCCOc1ccc(CNC2[C@H](Oc3c4cc5cc3Oc3ccc(cc3Cl)[C@@H](O)C3NC(=O)[C@H](NC(=O)[C@@H]5NC(=O)[C@H]5NC(=O)[C@@H](Cc6ccc(cc6)O4)NC(=O)[C@H](NC)c4ccc(O)c(c4)Oc4cc(O)c(Cl)c5c4)c4ccc(O)c(c4)-c4c(O[C@H]5O[C@H](CO)[C@@H](O)[C@H](O)[C@@H]5O)cc(O)cc4[C@@H](C(=O)O)NC3=O)OC(C(=O)O)C(O)[C@@H]2O)cc1. The number of carboxylic acids is 2. The molecule has 0 aromatic heterocycles. The number of carbonyl (C=O) groups is 8. The molecule has 0 saturated carbocycles. The predicted octanol–water partition coefficient (Wildman–Crippen LogP) is 4.82. The summed E-state index contributed by atoms with van der Waals surface area (Å²) in [5, 5.41) is 168. The van der Waals surface area contributed by atoms with Crippen molar-refractivity contribution in [3.63, 3.8) is 0 Å². The second kappa shape index (κ2) is 38.0. The molecule has 8 aromatic carbocycles. The second-order valence-corrected chi connectivity index (χ2v) is 31.4. The van der Waals surface area contributed by atoms with Crippen molar-refractivity contribution in [1.29, 1.82) is 0 Å². The predicted molar refractivity (Wildman–Crippen MR) is 436 cm³/mol. The van der Waals surface area contributed by atoms with Gasteiger partial charge in [-0.2, -0.15) is 0 Å². The number of benzene rings is 8. The normalized spacial score (nSPS) is 26.1. The summed E-state index contributed by atoms with van der Waals surface area (Å²) in [7, 11) is 1.43. The van der Waals surface area contributed by atoms with Gasteiger partial charge in [-0.05, 0) is 132 Å². The van der Waals surface area contributed by atoms with Gasteiger partial charge in [0.15, 0.2) is 35.1 Å². The molecule has 0 radical (unpaired) electrons. The molecule has 0 aliphatic carbocycles. The van der Waals surface area contributed by atoms with Gasteiger partial charge >= 0.3 is 11.9 Å². The molecule has 18 atom stereocenters. The highest BCUT2D eigenvalue weighted by molar-refractivity contribution is 6.33. The monoisotopic (exact) mass is 1770 g/mol. The third-order valence-corrected chi connectivity index (χ3v) is 22.8. The van der Waals surface area contributed by atoms with Crippen molar-refractivity contribution in [2.24, 2.45) is 0 Å². The van der Waals surface area contributed by atoms with E-state index in [0.717, 1.165) is 111 Å². The third kappa shape index (κ3) is 19.2. The molecule has 660 valence electrons. The standard InChI is InChI=1S/C86H88Cl2N8O29/c1-3-4-5-6-7-8-23-118-43-16-11-37(12-17-43)34-90-68-71(104)73(106)76(84(116)117)125-85(68)124-75-57-28-41-29-58(75)121-54-22-15-40(26-49(54)87)69(102)67-82(113)95-66(83(114)115)47-30-42(98)31-56(122-86-74(107)72(105)70(103)59(35-97)123-86)60(47)46-25-38(13-20-51(46)99)63(79(110)96-67)92-80(111)64(41)93-81(112)65-48-32-45(33-53(101)61(48)88)120-55-27-39(14-21-52(55)100)62(89-2)78(109)91-50(77(108)94-65)24-36-9-18-44(119-57)19-10-36/h9-22,25-33,50,59,62-74,76,85-86,89-90,97-107H,3-8,23-24,34-35H2,1-2H3,(H,91,109)(H,92,111)(H,93,112)(H,94,108)(H,95,113)(H,96,110)(H,114,115)(H,116,117)/t50-,59-,62-,63-,64-,65+,66+,67?,68?,69-,70-,71-,72+,73?,74+,76?,85-,86+/m1/s1. The Balaban J connectivity index is 0.977. The first kappa shape index (κ1) is 89.0. The molecular formula is C86H88Cl2N8O29. The lowest BCUT2D eigenvalue weighted by atomic mass is 9.89. The molecule has 125 heavy (non-hydrogen) atoms. The lowest BCUT2D eigenvalue weighted by molar-refractivity contribution is -0.277. The van der Waals surface area contributed by atoms with Crippen LogP contribution in [0.2, 0.25) is 10.0 Å². The number of aromatic hydroxyl groups is 4. The number of phenolic OH excluding ortho intramolecular Hbond substituents is 4. The number of nitrogens with one attached hydrogen (secondary N) is 8. The van der Waals surface area contributed by atoms with E-state index in [1.165, 1.54) is 49.5 Å². The summed E-state index contributed by atoms with van der Waals surface area (Å²) in [6.07, 6.45) is -15.1. The number of fused-ring (bicyclic) bond motifs is 14. The Hall–Kier alpha value is -12.3. The van der Waals surface area contributed by atoms with Crippen molar-refractivity contribution in [1.82, 2.24) is 42.5 Å². The van der Waals surface area contributed by atoms with E-state index in [1.54, 1.807) is 24.3 Å². The summed E-state index contributed by atoms with van der Waals surface area (Å²) in [4.78, 5) is 122. The lowest BCUT2D eigenvalue weighted by Crippen LogP contribution is -2.65. The fourth-order valence-electron chi connectivity index (χ4n) is 15.5. The van der Waals surface area contributed by atoms with Crippen molar-refractivity contribution in [2.45, 2.75) is 168 Å². The van der Waals surface area contributed by atoms with Crippen molar-refractivity contribution >= 4 is 70.6 Å². The lowest BCUT2D eigenvalue weighted by Gasteiger charge is -2.41. The van der Waals surface area contributed by atoms with Gasteiger partial charge in [0, 0.05) is 47.4 Å². The van der Waals surface area contributed by atoms with Crippen LogP contribution in [-0.2, 0) is 60.8 Å². The summed E-state index contributed by atoms with van der Waals surface area (Å²) in [6.45, 7) is 1.46. The van der Waals surface area contributed by atoms with E-state index < -0.39 is 265 Å². The first-order valence-electron chi connectivity index (χ1n) is 39.8. The molecule has 16 rings (SSSR count). The summed E-state index contributed by atoms with van der Waals surface area (Å²) < 4.78 is 50.4. The number of carbonyl (C=O) groups excluding carboxylic acids is 6. The minimum atomic E-state index is -2.44. The van der Waals surface area contributed by atoms with Crippen molar-refractivity contribution in [2.75, 3.05) is 20.3 Å². The molecule has 0 spiro atoms. The smallest absolute Gasteiger partial charge is 0.335 e. The molecule has 39 heteroatoms. The second-order valence-electron chi connectivity index (χ2n) is 30.6. The van der Waals surface area contributed by atoms with Gasteiger partial charge in [-0.3, -0.25) is 28.8 Å². The molecule has 6 amide bonds. The number of halogens is 2. The van der Waals surface area contributed by atoms with Crippen molar-refractivity contribution < 1.29 is 143 Å². The van der Waals surface area contributed by atoms with E-state index in [1.807, 2.05) is 0 Å². The number of aliphatic carboxylic acids is 2. The van der Waals surface area contributed by atoms with Crippen LogP contribution in [-0.4, -0.2) is 207 Å². The Morgan fingerprint density at radius 2 is 1.18 bits per heavy atom. The highest BCUT2D eigenvalue weighted by Crippen LogP contribution is 2.51. The molecule has 17 bridgehead atoms. The van der Waals surface area contributed by atoms with Crippen LogP contribution in [0.5, 0.6) is 74.7 Å². The summed E-state index contributed by atoms with van der Waals surface area (Å²) in [5.41, 5.74) is -2.59. The van der Waals surface area contributed by atoms with Gasteiger partial charge < -0.3 is 147 Å². The number of aliphatic hydroxyl groups is 7. The van der Waals surface area contributed by atoms with Gasteiger partial charge in [0.1, 0.15) is 125 Å². The Labute approximate surface area is 720 Å². The highest BCUT2D eigenvalue weighted by atomic mass is 35.5. The largest absolute Gasteiger partial charge is 0.508 e. The highest BCUT2D eigenvalue weighted by Gasteiger charge is 2.51. The zero-order valence-corrected chi connectivity index (χ0v) is 67.9. The van der Waals surface area contributed by atoms with Gasteiger partial charge in [0.05, 0.1) is 29.3 Å². The van der Waals surface area contributed by atoms with Crippen LogP contribution in [0.4, 0.5) is 0 Å². The zero-order valence-electron chi connectivity index (χ0n) is 66.3. The maximum atomic E-state index is 16.7. The number of rotatable bonds is 19. The number of hydrogen-bond donors (Lipinski definition) is 21. The number of ether oxygens (including phenoxy) is 8. The average Bonchev–Trinajstić information content (AvgIpc) is 0.758. The van der Waals surface area contributed by atoms with Gasteiger partial charge in [0.2, 0.25) is 53.8 Å². The summed E-state index contributed by atoms with van der Waals surface area (Å²) in [6, 6.07) is 12.0. The molecule has 4 unspecified atom stereocenters. The molecule has 21 N–H and O–H groups in total. The first-order valence-corrected chi connectivity index (χ1v) is 40.5. The van der Waals surface area contributed by atoms with Crippen molar-refractivity contribution in [3.05, 3.63) is 194 Å². The topological polar surface area (TPSA) is 570 Å². The number of aliphatic hydroxyl groups excluding tert-OH is 7. The Morgan fingerprint density at radius 3 is 1.89 bits per heavy atom. The summed E-state index contributed by atoms with van der Waals surface area (Å²) in [5.74, 6) is -17.8. The number of carboxylic acid groups (broad SMARTS) is 2. The molecular weight excluding hydrogens is 1680 g/mol. The van der Waals surface area contributed by atoms with Crippen LogP contribution in [0.25, 0.3) is 11.1 Å². The average molecular weight is 1770 g/mol. The van der Waals surface area contributed by atoms with E-state index in [0.29, 0.717) is 23.5 Å². The number of unbranched alkanes of at least 4 members (excludes halogenated alkanes) is 5. The van der Waals surface area contributed by atoms with E-state index in [9.17, 15) is 80.8 Å². The van der Waals surface area contributed by atoms with Crippen LogP contribution in [0.1, 0.15) is 126 Å². The van der Waals surface area contributed by atoms with Crippen LogP contribution in [0.3, 0.4) is 0 Å². The van der Waals surface area contributed by atoms with Gasteiger partial charge in [-0.15, -0.1) is 0 Å². The number of phenols is 4. The molecule has 37 nitrogen and oxygen atoms in total. The number of likely N-dealkylation sites (N-methyl/N-ethyl adjacent to an activating group) is 1. The maximum absolute atomic E-state index is 16.7. The Morgan fingerprint density at radius 1 is 0.528 bits per heavy atom. The quantitative estimate of drug-likeness (QED) is 0.0482.